The Bertz CT molecular complexity index is 189. The summed E-state index contributed by atoms with van der Waals surface area (Å²) in [4.78, 5) is 19.9. The normalized spacial score (nSPS) is 10.9. The van der Waals surface area contributed by atoms with Gasteiger partial charge in [-0.1, -0.05) is 0 Å². The van der Waals surface area contributed by atoms with Crippen LogP contribution in [-0.2, 0) is 9.59 Å². The van der Waals surface area contributed by atoms with Crippen LogP contribution < -0.4 is 5.32 Å². The smallest absolute Gasteiger partial charge is 0.394 e. The minimum atomic E-state index is -4.38. The molecular formula is C5H6F3NO3. The van der Waals surface area contributed by atoms with E-state index in [2.05, 4.69) is 0 Å². The summed E-state index contributed by atoms with van der Waals surface area (Å²) in [5.74, 6) is -3.23. The molecule has 2 N–H and O–H groups in total. The number of rotatable bonds is 2. The molecule has 0 aliphatic carbocycles. The quantitative estimate of drug-likeness (QED) is 0.601. The van der Waals surface area contributed by atoms with Crippen LogP contribution in [0.15, 0.2) is 0 Å². The third-order valence-corrected chi connectivity index (χ3v) is 0.888. The van der Waals surface area contributed by atoms with Crippen molar-refractivity contribution < 1.29 is 27.9 Å². The molecular weight excluding hydrogens is 179 g/mol. The van der Waals surface area contributed by atoms with E-state index >= 15 is 0 Å². The number of amides is 1. The molecule has 0 aliphatic rings. The SMILES string of the molecule is O=C(O)C(=O)NCCC(F)(F)F. The van der Waals surface area contributed by atoms with Gasteiger partial charge < -0.3 is 10.4 Å². The summed E-state index contributed by atoms with van der Waals surface area (Å²) in [6.07, 6.45) is -5.61. The van der Waals surface area contributed by atoms with Crippen molar-refractivity contribution in [3.05, 3.63) is 0 Å². The fourth-order valence-electron chi connectivity index (χ4n) is 0.393. The average Bonchev–Trinajstić information content (AvgIpc) is 1.84. The highest BCUT2D eigenvalue weighted by Crippen LogP contribution is 2.17. The van der Waals surface area contributed by atoms with Gasteiger partial charge in [0.05, 0.1) is 6.42 Å². The second-order valence-corrected chi connectivity index (χ2v) is 1.93. The maximum atomic E-state index is 11.4. The van der Waals surface area contributed by atoms with Gasteiger partial charge in [0, 0.05) is 6.54 Å². The molecule has 0 saturated heterocycles. The van der Waals surface area contributed by atoms with E-state index in [0.29, 0.717) is 0 Å². The summed E-state index contributed by atoms with van der Waals surface area (Å²) in [6.45, 7) is -0.714. The molecule has 0 aliphatic heterocycles. The van der Waals surface area contributed by atoms with Gasteiger partial charge in [-0.3, -0.25) is 4.79 Å². The fraction of sp³-hybridized carbons (Fsp3) is 0.600. The highest BCUT2D eigenvalue weighted by Gasteiger charge is 2.26. The zero-order valence-electron chi connectivity index (χ0n) is 5.81. The van der Waals surface area contributed by atoms with E-state index in [1.165, 1.54) is 0 Å². The number of halogens is 3. The van der Waals surface area contributed by atoms with Crippen LogP contribution in [0, 0.1) is 0 Å². The molecule has 1 amide bonds. The second-order valence-electron chi connectivity index (χ2n) is 1.93. The largest absolute Gasteiger partial charge is 0.474 e. The molecule has 7 heteroatoms. The first-order chi connectivity index (χ1) is 5.33. The Hall–Kier alpha value is -1.27. The van der Waals surface area contributed by atoms with Gasteiger partial charge in [-0.25, -0.2) is 4.79 Å². The number of carboxylic acid groups (broad SMARTS) is 1. The number of carboxylic acids is 1. The molecule has 0 radical (unpaired) electrons. The van der Waals surface area contributed by atoms with Crippen LogP contribution in [0.1, 0.15) is 6.42 Å². The highest BCUT2D eigenvalue weighted by molar-refractivity contribution is 6.31. The molecule has 0 unspecified atom stereocenters. The number of nitrogens with one attached hydrogen (secondary N) is 1. The molecule has 0 heterocycles. The predicted octanol–water partition coefficient (Wildman–Crippen LogP) is 0.140. The first-order valence-corrected chi connectivity index (χ1v) is 2.91. The maximum absolute atomic E-state index is 11.4. The van der Waals surface area contributed by atoms with Crippen molar-refractivity contribution in [3.63, 3.8) is 0 Å². The van der Waals surface area contributed by atoms with Crippen molar-refractivity contribution in [2.75, 3.05) is 6.54 Å². The van der Waals surface area contributed by atoms with Crippen LogP contribution in [0.2, 0.25) is 0 Å². The molecule has 0 aromatic heterocycles. The molecule has 0 atom stereocenters. The van der Waals surface area contributed by atoms with Crippen LogP contribution in [0.3, 0.4) is 0 Å². The van der Waals surface area contributed by atoms with Gasteiger partial charge in [-0.05, 0) is 0 Å². The van der Waals surface area contributed by atoms with Crippen LogP contribution in [0.25, 0.3) is 0 Å². The Labute approximate surface area is 65.4 Å². The lowest BCUT2D eigenvalue weighted by molar-refractivity contribution is -0.151. The van der Waals surface area contributed by atoms with E-state index in [4.69, 9.17) is 5.11 Å². The molecule has 0 spiro atoms. The standard InChI is InChI=1S/C5H6F3NO3/c6-5(7,8)1-2-9-3(10)4(11)12/h1-2H2,(H,9,10)(H,11,12). The first kappa shape index (κ1) is 10.7. The van der Waals surface area contributed by atoms with Gasteiger partial charge >= 0.3 is 18.1 Å². The number of hydrogen-bond acceptors (Lipinski definition) is 2. The van der Waals surface area contributed by atoms with E-state index in [0.717, 1.165) is 0 Å². The van der Waals surface area contributed by atoms with Crippen LogP contribution in [-0.4, -0.2) is 29.7 Å². The average molecular weight is 185 g/mol. The zero-order valence-corrected chi connectivity index (χ0v) is 5.81. The molecule has 0 rings (SSSR count). The van der Waals surface area contributed by atoms with Crippen LogP contribution in [0.5, 0.6) is 0 Å². The first-order valence-electron chi connectivity index (χ1n) is 2.91. The lowest BCUT2D eigenvalue weighted by Gasteiger charge is -2.05. The zero-order chi connectivity index (χ0) is 9.78. The summed E-state index contributed by atoms with van der Waals surface area (Å²) >= 11 is 0. The van der Waals surface area contributed by atoms with Gasteiger partial charge in [0.2, 0.25) is 0 Å². The Morgan fingerprint density at radius 1 is 1.33 bits per heavy atom. The number of carbonyl (C=O) groups excluding carboxylic acids is 1. The van der Waals surface area contributed by atoms with Crippen molar-refractivity contribution in [2.24, 2.45) is 0 Å². The third-order valence-electron chi connectivity index (χ3n) is 0.888. The van der Waals surface area contributed by atoms with Crippen molar-refractivity contribution in [1.82, 2.24) is 5.32 Å². The van der Waals surface area contributed by atoms with E-state index in [1.54, 1.807) is 5.32 Å². The number of aliphatic carboxylic acids is 1. The lowest BCUT2D eigenvalue weighted by Crippen LogP contribution is -2.33. The summed E-state index contributed by atoms with van der Waals surface area (Å²) in [5, 5.41) is 9.50. The van der Waals surface area contributed by atoms with E-state index in [9.17, 15) is 22.8 Å². The maximum Gasteiger partial charge on any atom is 0.394 e. The third kappa shape index (κ3) is 5.51. The van der Waals surface area contributed by atoms with Crippen molar-refractivity contribution >= 4 is 11.9 Å². The Morgan fingerprint density at radius 2 is 1.83 bits per heavy atom. The van der Waals surface area contributed by atoms with Crippen LogP contribution >= 0.6 is 0 Å². The molecule has 0 aromatic carbocycles. The van der Waals surface area contributed by atoms with Crippen LogP contribution in [0.4, 0.5) is 13.2 Å². The summed E-state index contributed by atoms with van der Waals surface area (Å²) in [7, 11) is 0. The molecule has 12 heavy (non-hydrogen) atoms. The minimum absolute atomic E-state index is 0.714. The lowest BCUT2D eigenvalue weighted by atomic mass is 10.4. The van der Waals surface area contributed by atoms with E-state index in [-0.39, 0.29) is 0 Å². The van der Waals surface area contributed by atoms with Crippen molar-refractivity contribution in [1.29, 1.82) is 0 Å². The van der Waals surface area contributed by atoms with E-state index in [1.807, 2.05) is 0 Å². The van der Waals surface area contributed by atoms with Gasteiger partial charge in [0.15, 0.2) is 0 Å². The Morgan fingerprint density at radius 3 is 2.17 bits per heavy atom. The number of carbonyl (C=O) groups is 2. The monoisotopic (exact) mass is 185 g/mol. The number of alkyl halides is 3. The van der Waals surface area contributed by atoms with E-state index < -0.39 is 31.0 Å². The number of hydrogen-bond donors (Lipinski definition) is 2. The minimum Gasteiger partial charge on any atom is -0.474 e. The molecule has 0 saturated carbocycles. The van der Waals surface area contributed by atoms with Gasteiger partial charge in [0.25, 0.3) is 0 Å². The summed E-state index contributed by atoms with van der Waals surface area (Å²) < 4.78 is 34.2. The Kier molecular flexibility index (Phi) is 3.52. The van der Waals surface area contributed by atoms with Gasteiger partial charge in [-0.15, -0.1) is 0 Å². The summed E-state index contributed by atoms with van der Waals surface area (Å²) in [6, 6.07) is 0. The fourth-order valence-corrected chi connectivity index (χ4v) is 0.393. The van der Waals surface area contributed by atoms with Crippen molar-refractivity contribution in [3.8, 4) is 0 Å². The predicted molar refractivity (Wildman–Crippen MR) is 31.3 cm³/mol. The molecule has 4 nitrogen and oxygen atoms in total. The highest BCUT2D eigenvalue weighted by atomic mass is 19.4. The summed E-state index contributed by atoms with van der Waals surface area (Å²) in [5.41, 5.74) is 0. The molecule has 70 valence electrons. The topological polar surface area (TPSA) is 66.4 Å². The second kappa shape index (κ2) is 3.93. The molecule has 0 bridgehead atoms. The molecule has 0 aromatic rings. The molecule has 0 fully saturated rings. The van der Waals surface area contributed by atoms with Gasteiger partial charge in [-0.2, -0.15) is 13.2 Å². The van der Waals surface area contributed by atoms with Gasteiger partial charge in [0.1, 0.15) is 0 Å². The Balaban J connectivity index is 3.58. The van der Waals surface area contributed by atoms with Crippen molar-refractivity contribution in [2.45, 2.75) is 12.6 Å².